The minimum Gasteiger partial charge on any atom is -0.395 e. The molecule has 19 heavy (non-hydrogen) atoms. The molecule has 6 heteroatoms. The fourth-order valence-corrected chi connectivity index (χ4v) is 2.32. The zero-order valence-corrected chi connectivity index (χ0v) is 11.4. The summed E-state index contributed by atoms with van der Waals surface area (Å²) in [5, 5.41) is 4.18. The molecule has 1 saturated heterocycles. The normalized spacial score (nSPS) is 16.4. The summed E-state index contributed by atoms with van der Waals surface area (Å²) in [5.74, 6) is 2.57. The van der Waals surface area contributed by atoms with Crippen LogP contribution < -0.4 is 5.73 Å². The minimum absolute atomic E-state index is 0.0547. The Balaban J connectivity index is 2.08. The van der Waals surface area contributed by atoms with E-state index in [9.17, 15) is 4.79 Å². The van der Waals surface area contributed by atoms with Gasteiger partial charge < -0.3 is 10.6 Å². The number of hydrogen-bond acceptors (Lipinski definition) is 4. The number of anilines is 1. The average molecular weight is 261 g/mol. The van der Waals surface area contributed by atoms with Gasteiger partial charge in [0.2, 0.25) is 0 Å². The summed E-state index contributed by atoms with van der Waals surface area (Å²) in [6, 6.07) is 0. The van der Waals surface area contributed by atoms with Crippen molar-refractivity contribution < 1.29 is 4.79 Å². The van der Waals surface area contributed by atoms with E-state index < -0.39 is 0 Å². The SMILES string of the molecule is C#CCN1CCN(C(=O)c2c(N)c(C)nn2C)CC1. The summed E-state index contributed by atoms with van der Waals surface area (Å²) >= 11 is 0. The second kappa shape index (κ2) is 5.33. The van der Waals surface area contributed by atoms with Crippen molar-refractivity contribution in [1.29, 1.82) is 0 Å². The van der Waals surface area contributed by atoms with Crippen molar-refractivity contribution >= 4 is 11.6 Å². The predicted molar refractivity (Wildman–Crippen MR) is 73.5 cm³/mol. The number of rotatable bonds is 2. The van der Waals surface area contributed by atoms with Crippen LogP contribution in [-0.2, 0) is 7.05 Å². The average Bonchev–Trinajstić information content (AvgIpc) is 2.64. The van der Waals surface area contributed by atoms with Gasteiger partial charge in [-0.05, 0) is 6.92 Å². The molecule has 0 aromatic carbocycles. The van der Waals surface area contributed by atoms with Gasteiger partial charge >= 0.3 is 0 Å². The lowest BCUT2D eigenvalue weighted by atomic mass is 10.2. The number of terminal acetylenes is 1. The van der Waals surface area contributed by atoms with Crippen LogP contribution in [0, 0.1) is 19.3 Å². The van der Waals surface area contributed by atoms with E-state index in [0.29, 0.717) is 36.7 Å². The topological polar surface area (TPSA) is 67.4 Å². The molecule has 2 rings (SSSR count). The highest BCUT2D eigenvalue weighted by Crippen LogP contribution is 2.18. The van der Waals surface area contributed by atoms with Gasteiger partial charge in [0.15, 0.2) is 0 Å². The molecule has 0 radical (unpaired) electrons. The van der Waals surface area contributed by atoms with E-state index in [1.807, 2.05) is 0 Å². The van der Waals surface area contributed by atoms with Crippen LogP contribution in [0.1, 0.15) is 16.2 Å². The number of nitrogens with zero attached hydrogens (tertiary/aromatic N) is 4. The molecule has 1 aliphatic heterocycles. The van der Waals surface area contributed by atoms with E-state index >= 15 is 0 Å². The summed E-state index contributed by atoms with van der Waals surface area (Å²) in [6.45, 7) is 5.37. The molecule has 1 fully saturated rings. The lowest BCUT2D eigenvalue weighted by Crippen LogP contribution is -2.49. The van der Waals surface area contributed by atoms with Gasteiger partial charge in [-0.25, -0.2) is 0 Å². The number of carbonyl (C=O) groups excluding carboxylic acids is 1. The quantitative estimate of drug-likeness (QED) is 0.742. The lowest BCUT2D eigenvalue weighted by Gasteiger charge is -2.33. The predicted octanol–water partition coefficient (Wildman–Crippen LogP) is -0.298. The van der Waals surface area contributed by atoms with Crippen molar-refractivity contribution in [2.45, 2.75) is 6.92 Å². The number of hydrogen-bond donors (Lipinski definition) is 1. The molecule has 0 saturated carbocycles. The first-order valence-corrected chi connectivity index (χ1v) is 6.28. The van der Waals surface area contributed by atoms with Crippen LogP contribution in [0.25, 0.3) is 0 Å². The van der Waals surface area contributed by atoms with Crippen molar-refractivity contribution in [2.75, 3.05) is 38.5 Å². The van der Waals surface area contributed by atoms with Crippen LogP contribution >= 0.6 is 0 Å². The van der Waals surface area contributed by atoms with Crippen LogP contribution in [0.15, 0.2) is 0 Å². The Morgan fingerprint density at radius 3 is 2.53 bits per heavy atom. The number of carbonyl (C=O) groups is 1. The van der Waals surface area contributed by atoms with E-state index in [2.05, 4.69) is 15.9 Å². The van der Waals surface area contributed by atoms with E-state index in [0.717, 1.165) is 13.1 Å². The second-order valence-corrected chi connectivity index (χ2v) is 4.74. The fraction of sp³-hybridized carbons (Fsp3) is 0.538. The molecule has 1 aromatic rings. The molecular formula is C13H19N5O. The lowest BCUT2D eigenvalue weighted by molar-refractivity contribution is 0.0642. The molecule has 6 nitrogen and oxygen atoms in total. The zero-order valence-electron chi connectivity index (χ0n) is 11.4. The Kier molecular flexibility index (Phi) is 3.76. The molecule has 0 bridgehead atoms. The van der Waals surface area contributed by atoms with Crippen molar-refractivity contribution in [3.8, 4) is 12.3 Å². The number of aromatic nitrogens is 2. The summed E-state index contributed by atoms with van der Waals surface area (Å²) in [6.07, 6.45) is 5.29. The first-order valence-electron chi connectivity index (χ1n) is 6.28. The Bertz CT molecular complexity index is 520. The van der Waals surface area contributed by atoms with Gasteiger partial charge in [0.25, 0.3) is 5.91 Å². The third-order valence-electron chi connectivity index (χ3n) is 3.45. The van der Waals surface area contributed by atoms with Gasteiger partial charge in [0.05, 0.1) is 17.9 Å². The summed E-state index contributed by atoms with van der Waals surface area (Å²) in [5.41, 5.74) is 7.56. The maximum atomic E-state index is 12.4. The zero-order chi connectivity index (χ0) is 14.0. The van der Waals surface area contributed by atoms with Crippen molar-refractivity contribution in [3.05, 3.63) is 11.4 Å². The van der Waals surface area contributed by atoms with Gasteiger partial charge in [-0.2, -0.15) is 5.10 Å². The standard InChI is InChI=1S/C13H19N5O/c1-4-5-17-6-8-18(9-7-17)13(19)12-11(14)10(2)15-16(12)3/h1H,5-9,14H2,2-3H3. The van der Waals surface area contributed by atoms with Crippen LogP contribution in [0.4, 0.5) is 5.69 Å². The monoisotopic (exact) mass is 261 g/mol. The molecule has 1 aliphatic rings. The van der Waals surface area contributed by atoms with E-state index in [1.165, 1.54) is 0 Å². The van der Waals surface area contributed by atoms with Gasteiger partial charge in [0.1, 0.15) is 5.69 Å². The van der Waals surface area contributed by atoms with Crippen molar-refractivity contribution in [2.24, 2.45) is 7.05 Å². The third-order valence-corrected chi connectivity index (χ3v) is 3.45. The van der Waals surface area contributed by atoms with Crippen LogP contribution in [0.3, 0.4) is 0 Å². The molecule has 0 atom stereocenters. The maximum Gasteiger partial charge on any atom is 0.274 e. The Morgan fingerprint density at radius 2 is 2.05 bits per heavy atom. The number of amides is 1. The van der Waals surface area contributed by atoms with Gasteiger partial charge in [0, 0.05) is 33.2 Å². The highest BCUT2D eigenvalue weighted by molar-refractivity contribution is 5.98. The Labute approximate surface area is 113 Å². The molecule has 2 heterocycles. The molecule has 0 aliphatic carbocycles. The van der Waals surface area contributed by atoms with Gasteiger partial charge in [-0.3, -0.25) is 14.4 Å². The number of nitrogens with two attached hydrogens (primary N) is 1. The highest BCUT2D eigenvalue weighted by atomic mass is 16.2. The third kappa shape index (κ3) is 2.56. The van der Waals surface area contributed by atoms with Crippen LogP contribution in [0.2, 0.25) is 0 Å². The maximum absolute atomic E-state index is 12.4. The number of nitrogen functional groups attached to an aromatic ring is 1. The smallest absolute Gasteiger partial charge is 0.274 e. The Hall–Kier alpha value is -2.00. The molecule has 1 aromatic heterocycles. The molecule has 1 amide bonds. The van der Waals surface area contributed by atoms with Gasteiger partial charge in [-0.1, -0.05) is 5.92 Å². The van der Waals surface area contributed by atoms with Gasteiger partial charge in [-0.15, -0.1) is 6.42 Å². The molecule has 0 spiro atoms. The van der Waals surface area contributed by atoms with Crippen molar-refractivity contribution in [1.82, 2.24) is 19.6 Å². The van der Waals surface area contributed by atoms with E-state index in [4.69, 9.17) is 12.2 Å². The summed E-state index contributed by atoms with van der Waals surface area (Å²) in [4.78, 5) is 16.4. The number of aryl methyl sites for hydroxylation is 2. The van der Waals surface area contributed by atoms with Crippen molar-refractivity contribution in [3.63, 3.8) is 0 Å². The van der Waals surface area contributed by atoms with E-state index in [-0.39, 0.29) is 5.91 Å². The minimum atomic E-state index is -0.0547. The summed E-state index contributed by atoms with van der Waals surface area (Å²) in [7, 11) is 1.74. The van der Waals surface area contributed by atoms with Crippen LogP contribution in [-0.4, -0.2) is 58.2 Å². The highest BCUT2D eigenvalue weighted by Gasteiger charge is 2.26. The van der Waals surface area contributed by atoms with E-state index in [1.54, 1.807) is 23.6 Å². The number of piperazine rings is 1. The largest absolute Gasteiger partial charge is 0.395 e. The van der Waals surface area contributed by atoms with Crippen LogP contribution in [0.5, 0.6) is 0 Å². The first kappa shape index (κ1) is 13.4. The molecular weight excluding hydrogens is 242 g/mol. The fourth-order valence-electron chi connectivity index (χ4n) is 2.32. The Morgan fingerprint density at radius 1 is 1.42 bits per heavy atom. The summed E-state index contributed by atoms with van der Waals surface area (Å²) < 4.78 is 1.56. The molecule has 102 valence electrons. The first-order chi connectivity index (χ1) is 9.04. The second-order valence-electron chi connectivity index (χ2n) is 4.74. The molecule has 0 unspecified atom stereocenters. The molecule has 2 N–H and O–H groups in total.